The molecule has 0 saturated heterocycles. The smallest absolute Gasteiger partial charge is 0.124 e. The number of hydrogen-bond acceptors (Lipinski definition) is 1. The molecule has 0 heterocycles. The molecule has 0 amide bonds. The zero-order valence-electron chi connectivity index (χ0n) is 9.74. The third-order valence-electron chi connectivity index (χ3n) is 2.45. The molecule has 0 aliphatic rings. The summed E-state index contributed by atoms with van der Waals surface area (Å²) >= 11 is 3.32. The third-order valence-corrected chi connectivity index (χ3v) is 3.11. The Hall–Kier alpha value is -1.61. The van der Waals surface area contributed by atoms with E-state index in [1.54, 1.807) is 6.07 Å². The van der Waals surface area contributed by atoms with Gasteiger partial charge in [0.05, 0.1) is 0 Å². The number of benzene rings is 2. The van der Waals surface area contributed by atoms with Crippen LogP contribution in [0.15, 0.2) is 59.1 Å². The SMILES string of the molecule is Fc1ccc(NC/C=C/c2ccccc2)c(Br)c1. The second-order valence-electron chi connectivity index (χ2n) is 3.82. The molecule has 0 unspecified atom stereocenters. The Bertz CT molecular complexity index is 537. The van der Waals surface area contributed by atoms with Crippen molar-refractivity contribution >= 4 is 27.7 Å². The Kier molecular flexibility index (Phi) is 4.53. The normalized spacial score (nSPS) is 10.8. The summed E-state index contributed by atoms with van der Waals surface area (Å²) in [6.45, 7) is 0.694. The lowest BCUT2D eigenvalue weighted by Crippen LogP contribution is -1.98. The molecule has 0 aliphatic heterocycles. The lowest BCUT2D eigenvalue weighted by atomic mass is 10.2. The number of halogens is 2. The van der Waals surface area contributed by atoms with E-state index in [2.05, 4.69) is 21.2 Å². The molecule has 18 heavy (non-hydrogen) atoms. The Morgan fingerprint density at radius 3 is 2.61 bits per heavy atom. The van der Waals surface area contributed by atoms with E-state index in [1.807, 2.05) is 42.5 Å². The van der Waals surface area contributed by atoms with Crippen LogP contribution < -0.4 is 5.32 Å². The van der Waals surface area contributed by atoms with E-state index in [9.17, 15) is 4.39 Å². The minimum atomic E-state index is -0.243. The lowest BCUT2D eigenvalue weighted by Gasteiger charge is -2.05. The summed E-state index contributed by atoms with van der Waals surface area (Å²) in [5.41, 5.74) is 2.05. The second-order valence-corrected chi connectivity index (χ2v) is 4.67. The molecule has 0 aromatic heterocycles. The Morgan fingerprint density at radius 1 is 1.11 bits per heavy atom. The summed E-state index contributed by atoms with van der Waals surface area (Å²) < 4.78 is 13.6. The van der Waals surface area contributed by atoms with Crippen LogP contribution >= 0.6 is 15.9 Å². The molecule has 0 atom stereocenters. The van der Waals surface area contributed by atoms with Crippen LogP contribution in [0.3, 0.4) is 0 Å². The van der Waals surface area contributed by atoms with Crippen molar-refractivity contribution in [3.8, 4) is 0 Å². The van der Waals surface area contributed by atoms with Crippen LogP contribution in [-0.4, -0.2) is 6.54 Å². The summed E-state index contributed by atoms with van der Waals surface area (Å²) in [7, 11) is 0. The maximum absolute atomic E-state index is 12.9. The molecular weight excluding hydrogens is 293 g/mol. The fourth-order valence-corrected chi connectivity index (χ4v) is 2.05. The molecule has 1 nitrogen and oxygen atoms in total. The fraction of sp³-hybridized carbons (Fsp3) is 0.0667. The summed E-state index contributed by atoms with van der Waals surface area (Å²) in [6.07, 6.45) is 4.08. The molecule has 2 rings (SSSR count). The minimum Gasteiger partial charge on any atom is -0.381 e. The van der Waals surface area contributed by atoms with Crippen LogP contribution in [0, 0.1) is 5.82 Å². The first-order chi connectivity index (χ1) is 8.75. The van der Waals surface area contributed by atoms with Gasteiger partial charge in [0, 0.05) is 16.7 Å². The fourth-order valence-electron chi connectivity index (χ4n) is 1.56. The molecule has 0 spiro atoms. The van der Waals surface area contributed by atoms with Crippen molar-refractivity contribution in [3.05, 3.63) is 70.5 Å². The van der Waals surface area contributed by atoms with Crippen molar-refractivity contribution in [2.45, 2.75) is 0 Å². The van der Waals surface area contributed by atoms with Crippen LogP contribution in [0.1, 0.15) is 5.56 Å². The van der Waals surface area contributed by atoms with Crippen LogP contribution in [0.4, 0.5) is 10.1 Å². The maximum Gasteiger partial charge on any atom is 0.124 e. The standard InChI is InChI=1S/C15H13BrFN/c16-14-11-13(17)8-9-15(14)18-10-4-7-12-5-2-1-3-6-12/h1-9,11,18H,10H2/b7-4+. The van der Waals surface area contributed by atoms with Gasteiger partial charge in [0.1, 0.15) is 5.82 Å². The van der Waals surface area contributed by atoms with Crippen molar-refractivity contribution in [1.29, 1.82) is 0 Å². The van der Waals surface area contributed by atoms with Crippen molar-refractivity contribution in [2.24, 2.45) is 0 Å². The first-order valence-corrected chi connectivity index (χ1v) is 6.45. The zero-order valence-corrected chi connectivity index (χ0v) is 11.3. The quantitative estimate of drug-likeness (QED) is 0.862. The van der Waals surface area contributed by atoms with Crippen molar-refractivity contribution < 1.29 is 4.39 Å². The van der Waals surface area contributed by atoms with Crippen LogP contribution in [0.2, 0.25) is 0 Å². The summed E-state index contributed by atoms with van der Waals surface area (Å²) in [5.74, 6) is -0.243. The highest BCUT2D eigenvalue weighted by Crippen LogP contribution is 2.22. The van der Waals surface area contributed by atoms with Gasteiger partial charge >= 0.3 is 0 Å². The molecule has 0 fully saturated rings. The summed E-state index contributed by atoms with van der Waals surface area (Å²) in [5, 5.41) is 3.21. The van der Waals surface area contributed by atoms with E-state index < -0.39 is 0 Å². The molecule has 0 aliphatic carbocycles. The van der Waals surface area contributed by atoms with E-state index in [4.69, 9.17) is 0 Å². The molecule has 0 radical (unpaired) electrons. The first kappa shape index (κ1) is 12.8. The van der Waals surface area contributed by atoms with Gasteiger partial charge in [0.15, 0.2) is 0 Å². The number of hydrogen-bond donors (Lipinski definition) is 1. The molecule has 1 N–H and O–H groups in total. The molecule has 92 valence electrons. The summed E-state index contributed by atoms with van der Waals surface area (Å²) in [4.78, 5) is 0. The number of rotatable bonds is 4. The second kappa shape index (κ2) is 6.36. The average molecular weight is 306 g/mol. The maximum atomic E-state index is 12.9. The van der Waals surface area contributed by atoms with Gasteiger partial charge in [-0.3, -0.25) is 0 Å². The van der Waals surface area contributed by atoms with Crippen LogP contribution in [-0.2, 0) is 0 Å². The first-order valence-electron chi connectivity index (χ1n) is 5.66. The average Bonchev–Trinajstić information content (AvgIpc) is 2.38. The van der Waals surface area contributed by atoms with E-state index in [0.717, 1.165) is 15.7 Å². The predicted octanol–water partition coefficient (Wildman–Crippen LogP) is 4.71. The highest BCUT2D eigenvalue weighted by atomic mass is 79.9. The van der Waals surface area contributed by atoms with Gasteiger partial charge in [0.25, 0.3) is 0 Å². The number of anilines is 1. The van der Waals surface area contributed by atoms with Crippen LogP contribution in [0.25, 0.3) is 6.08 Å². The Balaban J connectivity index is 1.91. The topological polar surface area (TPSA) is 12.0 Å². The predicted molar refractivity (Wildman–Crippen MR) is 78.1 cm³/mol. The van der Waals surface area contributed by atoms with E-state index >= 15 is 0 Å². The highest BCUT2D eigenvalue weighted by Gasteiger charge is 1.99. The zero-order chi connectivity index (χ0) is 12.8. The van der Waals surface area contributed by atoms with Gasteiger partial charge in [-0.1, -0.05) is 42.5 Å². The summed E-state index contributed by atoms with van der Waals surface area (Å²) in [6, 6.07) is 14.7. The van der Waals surface area contributed by atoms with Crippen molar-refractivity contribution in [1.82, 2.24) is 0 Å². The molecule has 2 aromatic rings. The highest BCUT2D eigenvalue weighted by molar-refractivity contribution is 9.10. The van der Waals surface area contributed by atoms with E-state index in [-0.39, 0.29) is 5.82 Å². The van der Waals surface area contributed by atoms with Crippen molar-refractivity contribution in [2.75, 3.05) is 11.9 Å². The molecule has 0 bridgehead atoms. The van der Waals surface area contributed by atoms with Gasteiger partial charge < -0.3 is 5.32 Å². The number of nitrogens with one attached hydrogen (secondary N) is 1. The van der Waals surface area contributed by atoms with Crippen molar-refractivity contribution in [3.63, 3.8) is 0 Å². The van der Waals surface area contributed by atoms with Gasteiger partial charge in [-0.25, -0.2) is 4.39 Å². The minimum absolute atomic E-state index is 0.243. The lowest BCUT2D eigenvalue weighted by molar-refractivity contribution is 0.627. The third kappa shape index (κ3) is 3.70. The van der Waals surface area contributed by atoms with Gasteiger partial charge in [-0.15, -0.1) is 0 Å². The van der Waals surface area contributed by atoms with Crippen LogP contribution in [0.5, 0.6) is 0 Å². The largest absolute Gasteiger partial charge is 0.381 e. The van der Waals surface area contributed by atoms with Gasteiger partial charge in [0.2, 0.25) is 0 Å². The monoisotopic (exact) mass is 305 g/mol. The molecule has 0 saturated carbocycles. The molecular formula is C15H13BrFN. The van der Waals surface area contributed by atoms with E-state index in [1.165, 1.54) is 12.1 Å². The van der Waals surface area contributed by atoms with Gasteiger partial charge in [-0.2, -0.15) is 0 Å². The Morgan fingerprint density at radius 2 is 1.89 bits per heavy atom. The Labute approximate surface area is 114 Å². The van der Waals surface area contributed by atoms with Gasteiger partial charge in [-0.05, 0) is 39.7 Å². The molecule has 3 heteroatoms. The molecule has 2 aromatic carbocycles. The van der Waals surface area contributed by atoms with E-state index in [0.29, 0.717) is 6.54 Å².